The summed E-state index contributed by atoms with van der Waals surface area (Å²) in [6, 6.07) is 4.66. The first-order valence-corrected chi connectivity index (χ1v) is 5.23. The van der Waals surface area contributed by atoms with E-state index in [2.05, 4.69) is 0 Å². The van der Waals surface area contributed by atoms with Crippen LogP contribution in [0, 0.1) is 0 Å². The number of halogens is 2. The van der Waals surface area contributed by atoms with Gasteiger partial charge in [0.2, 0.25) is 0 Å². The quantitative estimate of drug-likeness (QED) is 0.760. The van der Waals surface area contributed by atoms with Crippen LogP contribution in [0.4, 0.5) is 0 Å². The summed E-state index contributed by atoms with van der Waals surface area (Å²) in [5, 5.41) is 0.849. The molecule has 0 radical (unpaired) electrons. The van der Waals surface area contributed by atoms with Crippen molar-refractivity contribution in [2.45, 2.75) is 19.8 Å². The highest BCUT2D eigenvalue weighted by Gasteiger charge is 2.08. The van der Waals surface area contributed by atoms with Gasteiger partial charge in [-0.05, 0) is 25.1 Å². The molecule has 0 saturated carbocycles. The summed E-state index contributed by atoms with van der Waals surface area (Å²) in [5.74, 6) is -0.119. The lowest BCUT2D eigenvalue weighted by Gasteiger charge is -2.01. The Morgan fingerprint density at radius 1 is 1.07 bits per heavy atom. The predicted molar refractivity (Wildman–Crippen MR) is 60.7 cm³/mol. The van der Waals surface area contributed by atoms with Crippen LogP contribution >= 0.6 is 23.2 Å². The van der Waals surface area contributed by atoms with E-state index in [1.54, 1.807) is 18.2 Å². The van der Waals surface area contributed by atoms with Gasteiger partial charge in [-0.3, -0.25) is 4.79 Å². The minimum atomic E-state index is -0.116. The average Bonchev–Trinajstić information content (AvgIpc) is 2.12. The third kappa shape index (κ3) is 4.02. The molecular formula is C11H10Cl2O2. The van der Waals surface area contributed by atoms with Crippen molar-refractivity contribution in [3.63, 3.8) is 0 Å². The highest BCUT2D eigenvalue weighted by Crippen LogP contribution is 2.20. The average molecular weight is 245 g/mol. The van der Waals surface area contributed by atoms with Gasteiger partial charge in [-0.2, -0.15) is 0 Å². The maximum Gasteiger partial charge on any atom is 0.163 e. The van der Waals surface area contributed by atoms with E-state index in [1.165, 1.54) is 6.92 Å². The van der Waals surface area contributed by atoms with E-state index in [1.807, 2.05) is 0 Å². The summed E-state index contributed by atoms with van der Waals surface area (Å²) >= 11 is 11.5. The van der Waals surface area contributed by atoms with Gasteiger partial charge in [0, 0.05) is 28.5 Å². The summed E-state index contributed by atoms with van der Waals surface area (Å²) in [5.41, 5.74) is 0.453. The lowest BCUT2D eigenvalue weighted by molar-refractivity contribution is -0.116. The highest BCUT2D eigenvalue weighted by atomic mass is 35.5. The Hall–Kier alpha value is -0.860. The van der Waals surface area contributed by atoms with Crippen LogP contribution in [0.25, 0.3) is 0 Å². The molecule has 2 nitrogen and oxygen atoms in total. The second-order valence-corrected chi connectivity index (χ2v) is 4.16. The molecule has 0 N–H and O–H groups in total. The minimum absolute atomic E-state index is 0.00326. The largest absolute Gasteiger partial charge is 0.300 e. The number of benzene rings is 1. The van der Waals surface area contributed by atoms with Gasteiger partial charge in [0.15, 0.2) is 5.78 Å². The molecule has 1 rings (SSSR count). The van der Waals surface area contributed by atoms with E-state index in [0.29, 0.717) is 15.6 Å². The van der Waals surface area contributed by atoms with Crippen LogP contribution in [-0.4, -0.2) is 11.6 Å². The van der Waals surface area contributed by atoms with Crippen LogP contribution in [0.2, 0.25) is 10.0 Å². The van der Waals surface area contributed by atoms with Crippen molar-refractivity contribution in [2.24, 2.45) is 0 Å². The Labute approximate surface area is 98.2 Å². The molecular weight excluding hydrogens is 235 g/mol. The zero-order valence-electron chi connectivity index (χ0n) is 8.22. The molecule has 1 aromatic carbocycles. The van der Waals surface area contributed by atoms with E-state index in [4.69, 9.17) is 23.2 Å². The zero-order chi connectivity index (χ0) is 11.4. The van der Waals surface area contributed by atoms with Crippen molar-refractivity contribution >= 4 is 34.8 Å². The minimum Gasteiger partial charge on any atom is -0.300 e. The number of hydrogen-bond acceptors (Lipinski definition) is 2. The Kier molecular flexibility index (Phi) is 4.30. The molecule has 0 spiro atoms. The summed E-state index contributed by atoms with van der Waals surface area (Å²) in [6.45, 7) is 1.46. The van der Waals surface area contributed by atoms with Crippen molar-refractivity contribution < 1.29 is 9.59 Å². The SMILES string of the molecule is CC(=O)CCC(=O)c1cc(Cl)cc(Cl)c1. The molecule has 0 unspecified atom stereocenters. The summed E-state index contributed by atoms with van der Waals surface area (Å²) < 4.78 is 0. The number of carbonyl (C=O) groups is 2. The fourth-order valence-electron chi connectivity index (χ4n) is 1.15. The number of carbonyl (C=O) groups excluding carboxylic acids is 2. The molecule has 0 atom stereocenters. The smallest absolute Gasteiger partial charge is 0.163 e. The van der Waals surface area contributed by atoms with Gasteiger partial charge in [-0.15, -0.1) is 0 Å². The van der Waals surface area contributed by atoms with Gasteiger partial charge in [0.25, 0.3) is 0 Å². The van der Waals surface area contributed by atoms with Crippen molar-refractivity contribution in [3.8, 4) is 0 Å². The van der Waals surface area contributed by atoms with Crippen LogP contribution in [0.5, 0.6) is 0 Å². The molecule has 0 heterocycles. The predicted octanol–water partition coefficient (Wildman–Crippen LogP) is 3.55. The fourth-order valence-corrected chi connectivity index (χ4v) is 1.67. The van der Waals surface area contributed by atoms with Gasteiger partial charge in [-0.25, -0.2) is 0 Å². The van der Waals surface area contributed by atoms with Gasteiger partial charge in [0.05, 0.1) is 0 Å². The highest BCUT2D eigenvalue weighted by molar-refractivity contribution is 6.35. The molecule has 0 bridgehead atoms. The lowest BCUT2D eigenvalue weighted by Crippen LogP contribution is -2.02. The van der Waals surface area contributed by atoms with E-state index in [-0.39, 0.29) is 24.4 Å². The third-order valence-corrected chi connectivity index (χ3v) is 2.33. The Morgan fingerprint density at radius 3 is 2.07 bits per heavy atom. The van der Waals surface area contributed by atoms with Gasteiger partial charge in [-0.1, -0.05) is 23.2 Å². The van der Waals surface area contributed by atoms with Gasteiger partial charge < -0.3 is 4.79 Å². The normalized spacial score (nSPS) is 10.1. The first-order chi connectivity index (χ1) is 6.99. The molecule has 0 fully saturated rings. The van der Waals surface area contributed by atoms with Gasteiger partial charge >= 0.3 is 0 Å². The molecule has 1 aromatic rings. The fraction of sp³-hybridized carbons (Fsp3) is 0.273. The Bertz CT molecular complexity index is 379. The summed E-state index contributed by atoms with van der Waals surface area (Å²) in [4.78, 5) is 22.3. The molecule has 4 heteroatoms. The number of hydrogen-bond donors (Lipinski definition) is 0. The monoisotopic (exact) mass is 244 g/mol. The molecule has 15 heavy (non-hydrogen) atoms. The number of rotatable bonds is 4. The van der Waals surface area contributed by atoms with Crippen LogP contribution in [0.15, 0.2) is 18.2 Å². The Balaban J connectivity index is 2.77. The first kappa shape index (κ1) is 12.2. The third-order valence-electron chi connectivity index (χ3n) is 1.89. The molecule has 80 valence electrons. The van der Waals surface area contributed by atoms with Crippen LogP contribution in [0.1, 0.15) is 30.1 Å². The molecule has 0 aliphatic carbocycles. The van der Waals surface area contributed by atoms with Crippen molar-refractivity contribution in [1.82, 2.24) is 0 Å². The van der Waals surface area contributed by atoms with Crippen molar-refractivity contribution in [1.29, 1.82) is 0 Å². The molecule has 0 aliphatic rings. The van der Waals surface area contributed by atoms with Crippen molar-refractivity contribution in [3.05, 3.63) is 33.8 Å². The van der Waals surface area contributed by atoms with Crippen LogP contribution in [0.3, 0.4) is 0 Å². The summed E-state index contributed by atoms with van der Waals surface area (Å²) in [6.07, 6.45) is 0.453. The maximum absolute atomic E-state index is 11.6. The van der Waals surface area contributed by atoms with Gasteiger partial charge in [0.1, 0.15) is 5.78 Å². The molecule has 0 aliphatic heterocycles. The molecule has 0 aromatic heterocycles. The standard InChI is InChI=1S/C11H10Cl2O2/c1-7(14)2-3-11(15)8-4-9(12)6-10(13)5-8/h4-6H,2-3H2,1H3. The van der Waals surface area contributed by atoms with Crippen LogP contribution in [-0.2, 0) is 4.79 Å². The Morgan fingerprint density at radius 2 is 1.60 bits per heavy atom. The summed E-state index contributed by atoms with van der Waals surface area (Å²) in [7, 11) is 0. The number of ketones is 2. The van der Waals surface area contributed by atoms with E-state index >= 15 is 0 Å². The zero-order valence-corrected chi connectivity index (χ0v) is 9.73. The lowest BCUT2D eigenvalue weighted by atomic mass is 10.1. The second-order valence-electron chi connectivity index (χ2n) is 3.28. The maximum atomic E-state index is 11.6. The number of Topliss-reactive ketones (excluding diaryl/α,β-unsaturated/α-hetero) is 2. The van der Waals surface area contributed by atoms with Crippen molar-refractivity contribution in [2.75, 3.05) is 0 Å². The van der Waals surface area contributed by atoms with Crippen LogP contribution < -0.4 is 0 Å². The second kappa shape index (κ2) is 5.29. The molecule has 0 saturated heterocycles. The van der Waals surface area contributed by atoms with E-state index < -0.39 is 0 Å². The topological polar surface area (TPSA) is 34.1 Å². The molecule has 0 amide bonds. The van der Waals surface area contributed by atoms with E-state index in [9.17, 15) is 9.59 Å². The van der Waals surface area contributed by atoms with E-state index in [0.717, 1.165) is 0 Å². The first-order valence-electron chi connectivity index (χ1n) is 4.48.